The fourth-order valence-corrected chi connectivity index (χ4v) is 2.70. The normalized spacial score (nSPS) is 11.6. The first kappa shape index (κ1) is 20.2. The van der Waals surface area contributed by atoms with Gasteiger partial charge in [0.05, 0.1) is 17.5 Å². The molecule has 1 N–H and O–H groups in total. The maximum Gasteiger partial charge on any atom is 0.416 e. The van der Waals surface area contributed by atoms with E-state index in [4.69, 9.17) is 0 Å². The highest BCUT2D eigenvalue weighted by Crippen LogP contribution is 2.29. The molecule has 150 valence electrons. The van der Waals surface area contributed by atoms with Crippen LogP contribution in [0, 0.1) is 0 Å². The molecule has 3 aromatic rings. The summed E-state index contributed by atoms with van der Waals surface area (Å²) in [6, 6.07) is 15.7. The summed E-state index contributed by atoms with van der Waals surface area (Å²) in [5, 5.41) is 3.88. The van der Waals surface area contributed by atoms with E-state index in [9.17, 15) is 18.0 Å². The molecule has 3 rings (SSSR count). The van der Waals surface area contributed by atoms with Gasteiger partial charge in [0.15, 0.2) is 0 Å². The second kappa shape index (κ2) is 8.22. The minimum Gasteiger partial charge on any atom is -0.378 e. The van der Waals surface area contributed by atoms with Gasteiger partial charge in [-0.25, -0.2) is 5.43 Å². The third-order valence-corrected chi connectivity index (χ3v) is 4.24. The summed E-state index contributed by atoms with van der Waals surface area (Å²) in [6.07, 6.45) is -1.23. The van der Waals surface area contributed by atoms with Crippen molar-refractivity contribution in [3.05, 3.63) is 83.7 Å². The third-order valence-electron chi connectivity index (χ3n) is 4.24. The van der Waals surface area contributed by atoms with Crippen LogP contribution in [0.1, 0.15) is 21.6 Å². The number of rotatable bonds is 5. The van der Waals surface area contributed by atoms with Crippen molar-refractivity contribution in [3.63, 3.8) is 0 Å². The zero-order valence-electron chi connectivity index (χ0n) is 15.8. The van der Waals surface area contributed by atoms with E-state index in [1.54, 1.807) is 6.07 Å². The van der Waals surface area contributed by atoms with Gasteiger partial charge in [0.1, 0.15) is 0 Å². The summed E-state index contributed by atoms with van der Waals surface area (Å²) >= 11 is 0. The van der Waals surface area contributed by atoms with Gasteiger partial charge in [0.2, 0.25) is 0 Å². The van der Waals surface area contributed by atoms with E-state index in [-0.39, 0.29) is 5.56 Å². The lowest BCUT2D eigenvalue weighted by atomic mass is 10.1. The van der Waals surface area contributed by atoms with Crippen LogP contribution in [0.25, 0.3) is 5.69 Å². The number of hydrazone groups is 1. The Kier molecular flexibility index (Phi) is 5.72. The average molecular weight is 400 g/mol. The van der Waals surface area contributed by atoms with E-state index in [0.29, 0.717) is 5.69 Å². The molecule has 0 bridgehead atoms. The van der Waals surface area contributed by atoms with Crippen molar-refractivity contribution in [2.75, 3.05) is 19.0 Å². The van der Waals surface area contributed by atoms with E-state index < -0.39 is 17.6 Å². The number of hydrogen-bond donors (Lipinski definition) is 1. The van der Waals surface area contributed by atoms with Gasteiger partial charge >= 0.3 is 6.18 Å². The number of halogens is 3. The quantitative estimate of drug-likeness (QED) is 0.512. The zero-order chi connectivity index (χ0) is 21.0. The van der Waals surface area contributed by atoms with Gasteiger partial charge in [-0.15, -0.1) is 0 Å². The fraction of sp³-hybridized carbons (Fsp3) is 0.143. The molecule has 5 nitrogen and oxygen atoms in total. The number of aromatic nitrogens is 1. The van der Waals surface area contributed by atoms with E-state index >= 15 is 0 Å². The molecule has 1 heterocycles. The van der Waals surface area contributed by atoms with Crippen LogP contribution < -0.4 is 10.3 Å². The summed E-state index contributed by atoms with van der Waals surface area (Å²) in [4.78, 5) is 14.1. The molecule has 0 unspecified atom stereocenters. The van der Waals surface area contributed by atoms with Gasteiger partial charge in [-0.05, 0) is 54.6 Å². The van der Waals surface area contributed by atoms with Crippen molar-refractivity contribution in [2.45, 2.75) is 6.18 Å². The second-order valence-corrected chi connectivity index (χ2v) is 6.49. The van der Waals surface area contributed by atoms with Gasteiger partial charge < -0.3 is 9.47 Å². The number of carbonyl (C=O) groups excluding carboxylic acids is 1. The molecule has 0 fully saturated rings. The Morgan fingerprint density at radius 1 is 1.07 bits per heavy atom. The molecule has 2 aromatic carbocycles. The molecule has 0 aliphatic heterocycles. The lowest BCUT2D eigenvalue weighted by molar-refractivity contribution is -0.137. The number of amides is 1. The van der Waals surface area contributed by atoms with Crippen LogP contribution in [0.3, 0.4) is 0 Å². The summed E-state index contributed by atoms with van der Waals surface area (Å²) in [6.45, 7) is 0. The van der Waals surface area contributed by atoms with E-state index in [1.807, 2.05) is 60.1 Å². The summed E-state index contributed by atoms with van der Waals surface area (Å²) in [5.41, 5.74) is 3.93. The Balaban J connectivity index is 1.72. The molecule has 0 spiro atoms. The minimum atomic E-state index is -4.51. The Labute approximate surface area is 166 Å². The predicted molar refractivity (Wildman–Crippen MR) is 107 cm³/mol. The van der Waals surface area contributed by atoms with Gasteiger partial charge in [-0.2, -0.15) is 18.3 Å². The third kappa shape index (κ3) is 4.84. The van der Waals surface area contributed by atoms with Crippen molar-refractivity contribution >= 4 is 17.8 Å². The molecule has 0 atom stereocenters. The number of nitrogens with one attached hydrogen (secondary N) is 1. The zero-order valence-corrected chi connectivity index (χ0v) is 15.8. The van der Waals surface area contributed by atoms with Crippen molar-refractivity contribution < 1.29 is 18.0 Å². The number of carbonyl (C=O) groups is 1. The molecular weight excluding hydrogens is 381 g/mol. The second-order valence-electron chi connectivity index (χ2n) is 6.49. The van der Waals surface area contributed by atoms with Crippen molar-refractivity contribution in [1.29, 1.82) is 0 Å². The summed E-state index contributed by atoms with van der Waals surface area (Å²) < 4.78 is 40.2. The van der Waals surface area contributed by atoms with Crippen LogP contribution in [0.15, 0.2) is 72.0 Å². The van der Waals surface area contributed by atoms with Crippen molar-refractivity contribution in [1.82, 2.24) is 9.99 Å². The van der Waals surface area contributed by atoms with Gasteiger partial charge in [-0.3, -0.25) is 4.79 Å². The maximum absolute atomic E-state index is 12.8. The largest absolute Gasteiger partial charge is 0.416 e. The van der Waals surface area contributed by atoms with Crippen LogP contribution in [0.4, 0.5) is 18.9 Å². The van der Waals surface area contributed by atoms with Crippen LogP contribution in [0.5, 0.6) is 0 Å². The number of anilines is 1. The average Bonchev–Trinajstić information content (AvgIpc) is 3.16. The first-order valence-corrected chi connectivity index (χ1v) is 8.71. The summed E-state index contributed by atoms with van der Waals surface area (Å²) in [7, 11) is 3.91. The molecule has 0 aliphatic carbocycles. The summed E-state index contributed by atoms with van der Waals surface area (Å²) in [5.74, 6) is -0.721. The standard InChI is InChI=1S/C21H19F3N4O/c1-27(2)17-8-10-18(11-9-17)28-12-4-7-19(28)14-25-26-20(29)15-5-3-6-16(13-15)21(22,23)24/h3-14H,1-2H3,(H,26,29)/b25-14-. The molecule has 0 aliphatic rings. The highest BCUT2D eigenvalue weighted by atomic mass is 19.4. The smallest absolute Gasteiger partial charge is 0.378 e. The molecule has 29 heavy (non-hydrogen) atoms. The maximum atomic E-state index is 12.8. The number of alkyl halides is 3. The predicted octanol–water partition coefficient (Wildman–Crippen LogP) is 4.33. The minimum absolute atomic E-state index is 0.119. The Bertz CT molecular complexity index is 1020. The SMILES string of the molecule is CN(C)c1ccc(-n2cccc2/C=N\NC(=O)c2cccc(C(F)(F)F)c2)cc1. The van der Waals surface area contributed by atoms with E-state index in [2.05, 4.69) is 10.5 Å². The molecule has 1 aromatic heterocycles. The van der Waals surface area contributed by atoms with Crippen LogP contribution >= 0.6 is 0 Å². The van der Waals surface area contributed by atoms with Crippen LogP contribution in [0.2, 0.25) is 0 Å². The fourth-order valence-electron chi connectivity index (χ4n) is 2.70. The van der Waals surface area contributed by atoms with Crippen LogP contribution in [-0.4, -0.2) is 30.8 Å². The monoisotopic (exact) mass is 400 g/mol. The topological polar surface area (TPSA) is 49.6 Å². The van der Waals surface area contributed by atoms with E-state index in [1.165, 1.54) is 18.3 Å². The molecular formula is C21H19F3N4O. The Morgan fingerprint density at radius 3 is 2.45 bits per heavy atom. The number of nitrogens with zero attached hydrogens (tertiary/aromatic N) is 3. The van der Waals surface area contributed by atoms with Gasteiger partial charge in [0.25, 0.3) is 5.91 Å². The Hall–Kier alpha value is -3.55. The van der Waals surface area contributed by atoms with Gasteiger partial charge in [0, 0.05) is 37.2 Å². The highest BCUT2D eigenvalue weighted by molar-refractivity contribution is 5.95. The molecule has 1 amide bonds. The lowest BCUT2D eigenvalue weighted by Gasteiger charge is -2.13. The molecule has 0 radical (unpaired) electrons. The first-order valence-electron chi connectivity index (χ1n) is 8.71. The number of hydrogen-bond acceptors (Lipinski definition) is 3. The molecule has 0 saturated carbocycles. The molecule has 0 saturated heterocycles. The Morgan fingerprint density at radius 2 is 1.79 bits per heavy atom. The van der Waals surface area contributed by atoms with Gasteiger partial charge in [-0.1, -0.05) is 6.07 Å². The van der Waals surface area contributed by atoms with E-state index in [0.717, 1.165) is 23.5 Å². The first-order chi connectivity index (χ1) is 13.8. The lowest BCUT2D eigenvalue weighted by Crippen LogP contribution is -2.18. The van der Waals surface area contributed by atoms with Crippen molar-refractivity contribution in [2.24, 2.45) is 5.10 Å². The van der Waals surface area contributed by atoms with Crippen LogP contribution in [-0.2, 0) is 6.18 Å². The van der Waals surface area contributed by atoms with Crippen molar-refractivity contribution in [3.8, 4) is 5.69 Å². The highest BCUT2D eigenvalue weighted by Gasteiger charge is 2.30. The number of benzene rings is 2. The molecule has 8 heteroatoms.